The van der Waals surface area contributed by atoms with Crippen LogP contribution < -0.4 is 10.2 Å². The van der Waals surface area contributed by atoms with E-state index >= 15 is 0 Å². The summed E-state index contributed by atoms with van der Waals surface area (Å²) in [4.78, 5) is 12.8. The largest absolute Gasteiger partial charge is 0.351 e. The molecular formula is C5H9ClN2O. The van der Waals surface area contributed by atoms with Crippen molar-refractivity contribution in [3.05, 3.63) is 12.7 Å². The van der Waals surface area contributed by atoms with Gasteiger partial charge < -0.3 is 5.32 Å². The van der Waals surface area contributed by atoms with Crippen molar-refractivity contribution >= 4 is 17.7 Å². The Morgan fingerprint density at radius 3 is 2.78 bits per heavy atom. The van der Waals surface area contributed by atoms with Crippen molar-refractivity contribution in [2.45, 2.75) is 0 Å². The first kappa shape index (κ1) is 8.46. The Bertz CT molecular complexity index is 105. The third-order valence-corrected chi connectivity index (χ3v) is 0.893. The molecule has 9 heavy (non-hydrogen) atoms. The van der Waals surface area contributed by atoms with Gasteiger partial charge in [-0.1, -0.05) is 6.58 Å². The van der Waals surface area contributed by atoms with Gasteiger partial charge in [-0.3, -0.25) is 4.79 Å². The molecule has 52 valence electrons. The number of carbonyl (C=O) groups is 1. The first-order chi connectivity index (χ1) is 4.31. The van der Waals surface area contributed by atoms with Crippen LogP contribution in [-0.2, 0) is 4.79 Å². The van der Waals surface area contributed by atoms with Crippen LogP contribution in [0.1, 0.15) is 0 Å². The van der Waals surface area contributed by atoms with E-state index < -0.39 is 0 Å². The van der Waals surface area contributed by atoms with Crippen LogP contribution in [0.5, 0.6) is 0 Å². The molecule has 0 fully saturated rings. The molecule has 1 amide bonds. The van der Waals surface area contributed by atoms with Gasteiger partial charge in [-0.15, -0.1) is 0 Å². The fourth-order valence-corrected chi connectivity index (χ4v) is 0.400. The maximum atomic E-state index is 10.4. The van der Waals surface area contributed by atoms with Crippen LogP contribution in [0.3, 0.4) is 0 Å². The van der Waals surface area contributed by atoms with Gasteiger partial charge in [0.2, 0.25) is 5.91 Å². The van der Waals surface area contributed by atoms with Gasteiger partial charge in [-0.2, -0.15) is 0 Å². The smallest absolute Gasteiger partial charge is 0.243 e. The van der Waals surface area contributed by atoms with E-state index in [2.05, 4.69) is 16.7 Å². The van der Waals surface area contributed by atoms with Crippen LogP contribution in [0.25, 0.3) is 0 Å². The van der Waals surface area contributed by atoms with Gasteiger partial charge in [-0.05, 0) is 17.9 Å². The van der Waals surface area contributed by atoms with Crippen LogP contribution in [-0.4, -0.2) is 19.0 Å². The summed E-state index contributed by atoms with van der Waals surface area (Å²) in [6, 6.07) is 0. The summed E-state index contributed by atoms with van der Waals surface area (Å²) in [5.41, 5.74) is 0. The Hall–Kier alpha value is -0.540. The lowest BCUT2D eigenvalue weighted by atomic mass is 10.5. The van der Waals surface area contributed by atoms with Crippen LogP contribution in [0.15, 0.2) is 12.7 Å². The van der Waals surface area contributed by atoms with Gasteiger partial charge in [0, 0.05) is 13.1 Å². The SMILES string of the molecule is C=CC(=O)NCCNCl. The normalized spacial score (nSPS) is 8.56. The molecule has 0 radical (unpaired) electrons. The van der Waals surface area contributed by atoms with E-state index in [-0.39, 0.29) is 5.91 Å². The van der Waals surface area contributed by atoms with E-state index in [0.717, 1.165) is 0 Å². The molecule has 4 heteroatoms. The van der Waals surface area contributed by atoms with Crippen LogP contribution in [0, 0.1) is 0 Å². The minimum Gasteiger partial charge on any atom is -0.351 e. The molecule has 0 aromatic heterocycles. The maximum absolute atomic E-state index is 10.4. The van der Waals surface area contributed by atoms with Gasteiger partial charge in [0.1, 0.15) is 0 Å². The Kier molecular flexibility index (Phi) is 5.26. The number of hydrogen-bond acceptors (Lipinski definition) is 2. The number of nitrogens with one attached hydrogen (secondary N) is 2. The summed E-state index contributed by atoms with van der Waals surface area (Å²) in [5.74, 6) is -0.179. The molecule has 0 saturated heterocycles. The zero-order chi connectivity index (χ0) is 7.11. The average molecular weight is 149 g/mol. The van der Waals surface area contributed by atoms with Gasteiger partial charge in [0.05, 0.1) is 0 Å². The van der Waals surface area contributed by atoms with Crippen molar-refractivity contribution in [2.24, 2.45) is 0 Å². The maximum Gasteiger partial charge on any atom is 0.243 e. The van der Waals surface area contributed by atoms with Crippen molar-refractivity contribution < 1.29 is 4.79 Å². The molecule has 0 aliphatic rings. The molecule has 0 aromatic rings. The standard InChI is InChI=1S/C5H9ClN2O/c1-2-5(9)7-3-4-8-6/h2,8H,1,3-4H2,(H,7,9). The summed E-state index contributed by atoms with van der Waals surface area (Å²) in [6.45, 7) is 4.35. The summed E-state index contributed by atoms with van der Waals surface area (Å²) in [5, 5.41) is 2.53. The fraction of sp³-hybridized carbons (Fsp3) is 0.400. The van der Waals surface area contributed by atoms with Crippen molar-refractivity contribution in [3.63, 3.8) is 0 Å². The minimum atomic E-state index is -0.179. The van der Waals surface area contributed by atoms with Crippen LogP contribution >= 0.6 is 11.8 Å². The lowest BCUT2D eigenvalue weighted by Crippen LogP contribution is -2.27. The van der Waals surface area contributed by atoms with Gasteiger partial charge in [-0.25, -0.2) is 4.84 Å². The number of halogens is 1. The van der Waals surface area contributed by atoms with Gasteiger partial charge >= 0.3 is 0 Å². The summed E-state index contributed by atoms with van der Waals surface area (Å²) in [6.07, 6.45) is 1.22. The van der Waals surface area contributed by atoms with Crippen molar-refractivity contribution in [1.82, 2.24) is 10.2 Å². The van der Waals surface area contributed by atoms with E-state index in [1.165, 1.54) is 6.08 Å². The zero-order valence-electron chi connectivity index (χ0n) is 4.98. The molecule has 0 spiro atoms. The highest BCUT2D eigenvalue weighted by atomic mass is 35.5. The average Bonchev–Trinajstić information content (AvgIpc) is 1.89. The topological polar surface area (TPSA) is 41.1 Å². The highest BCUT2D eigenvalue weighted by molar-refractivity contribution is 6.13. The van der Waals surface area contributed by atoms with E-state index in [4.69, 9.17) is 11.8 Å². The van der Waals surface area contributed by atoms with E-state index in [1.807, 2.05) is 0 Å². The van der Waals surface area contributed by atoms with Crippen molar-refractivity contribution in [1.29, 1.82) is 0 Å². The van der Waals surface area contributed by atoms with E-state index in [0.29, 0.717) is 13.1 Å². The molecule has 0 bridgehead atoms. The molecule has 0 saturated carbocycles. The molecule has 0 unspecified atom stereocenters. The fourth-order valence-electron chi connectivity index (χ4n) is 0.305. The van der Waals surface area contributed by atoms with Crippen LogP contribution in [0.2, 0.25) is 0 Å². The van der Waals surface area contributed by atoms with Crippen molar-refractivity contribution in [3.8, 4) is 0 Å². The Labute approximate surface area is 59.2 Å². The molecule has 0 heterocycles. The molecule has 0 aliphatic carbocycles. The molecule has 0 rings (SSSR count). The van der Waals surface area contributed by atoms with E-state index in [1.54, 1.807) is 0 Å². The van der Waals surface area contributed by atoms with Gasteiger partial charge in [0.15, 0.2) is 0 Å². The monoisotopic (exact) mass is 148 g/mol. The van der Waals surface area contributed by atoms with Crippen molar-refractivity contribution in [2.75, 3.05) is 13.1 Å². The Morgan fingerprint density at radius 1 is 1.67 bits per heavy atom. The molecule has 3 nitrogen and oxygen atoms in total. The number of carbonyl (C=O) groups excluding carboxylic acids is 1. The predicted octanol–water partition coefficient (Wildman–Crippen LogP) is 0.0320. The summed E-state index contributed by atoms with van der Waals surface area (Å²) in [7, 11) is 0. The Morgan fingerprint density at radius 2 is 2.33 bits per heavy atom. The highest BCUT2D eigenvalue weighted by Crippen LogP contribution is 1.65. The van der Waals surface area contributed by atoms with E-state index in [9.17, 15) is 4.79 Å². The highest BCUT2D eigenvalue weighted by Gasteiger charge is 1.89. The number of hydrogen-bond donors (Lipinski definition) is 2. The first-order valence-electron chi connectivity index (χ1n) is 2.55. The predicted molar refractivity (Wildman–Crippen MR) is 37.1 cm³/mol. The third-order valence-electron chi connectivity index (χ3n) is 0.704. The minimum absolute atomic E-state index is 0.179. The quantitative estimate of drug-likeness (QED) is 0.336. The zero-order valence-corrected chi connectivity index (χ0v) is 5.74. The van der Waals surface area contributed by atoms with Crippen LogP contribution in [0.4, 0.5) is 0 Å². The summed E-state index contributed by atoms with van der Waals surface area (Å²) >= 11 is 5.10. The second kappa shape index (κ2) is 5.59. The number of amides is 1. The first-order valence-corrected chi connectivity index (χ1v) is 2.93. The number of rotatable bonds is 4. The Balaban J connectivity index is 3.07. The molecule has 0 aliphatic heterocycles. The lowest BCUT2D eigenvalue weighted by molar-refractivity contribution is -0.116. The second-order valence-electron chi connectivity index (χ2n) is 1.38. The second-order valence-corrected chi connectivity index (χ2v) is 1.65. The van der Waals surface area contributed by atoms with Gasteiger partial charge in [0.25, 0.3) is 0 Å². The lowest BCUT2D eigenvalue weighted by Gasteiger charge is -1.97. The molecule has 0 atom stereocenters. The molecule has 2 N–H and O–H groups in total. The molecular weight excluding hydrogens is 140 g/mol. The molecule has 0 aromatic carbocycles. The third kappa shape index (κ3) is 5.33. The summed E-state index contributed by atoms with van der Waals surface area (Å²) < 4.78 is 0.